The van der Waals surface area contributed by atoms with Gasteiger partial charge in [-0.15, -0.1) is 0 Å². The van der Waals surface area contributed by atoms with E-state index in [2.05, 4.69) is 4.98 Å². The van der Waals surface area contributed by atoms with Gasteiger partial charge in [0.05, 0.1) is 6.10 Å². The Morgan fingerprint density at radius 3 is 2.38 bits per heavy atom. The highest BCUT2D eigenvalue weighted by Crippen LogP contribution is 2.44. The number of nitrogens with one attached hydrogen (secondary N) is 1. The van der Waals surface area contributed by atoms with Crippen LogP contribution in [-0.4, -0.2) is 11.1 Å². The van der Waals surface area contributed by atoms with Crippen molar-refractivity contribution in [1.82, 2.24) is 4.98 Å². The predicted octanol–water partition coefficient (Wildman–Crippen LogP) is 3.85. The van der Waals surface area contributed by atoms with Gasteiger partial charge in [-0.3, -0.25) is 0 Å². The molecule has 1 aromatic carbocycles. The molecule has 1 aliphatic carbocycles. The first-order valence-corrected chi connectivity index (χ1v) is 7.33. The highest BCUT2D eigenvalue weighted by Gasteiger charge is 2.40. The third-order valence-electron chi connectivity index (χ3n) is 4.06. The summed E-state index contributed by atoms with van der Waals surface area (Å²) in [4.78, 5) is 3.57. The van der Waals surface area contributed by atoms with E-state index in [1.807, 2.05) is 5.43 Å². The quantitative estimate of drug-likeness (QED) is 0.504. The van der Waals surface area contributed by atoms with Crippen LogP contribution in [0.25, 0.3) is 0 Å². The van der Waals surface area contributed by atoms with Crippen molar-refractivity contribution >= 4 is 5.82 Å². The maximum absolute atomic E-state index is 13.2. The number of halogens is 4. The Morgan fingerprint density at radius 1 is 1.12 bits per heavy atom. The van der Waals surface area contributed by atoms with E-state index in [1.165, 1.54) is 24.4 Å². The fraction of sp³-hybridized carbons (Fsp3) is 0.312. The normalized spacial score (nSPS) is 20.4. The summed E-state index contributed by atoms with van der Waals surface area (Å²) < 4.78 is 58.0. The summed E-state index contributed by atoms with van der Waals surface area (Å²) in [6.45, 7) is 0. The molecule has 0 saturated heterocycles. The van der Waals surface area contributed by atoms with Crippen LogP contribution in [0, 0.1) is 5.82 Å². The molecule has 0 radical (unpaired) electrons. The Morgan fingerprint density at radius 2 is 1.79 bits per heavy atom. The molecule has 128 valence electrons. The Kier molecular flexibility index (Phi) is 4.31. The maximum Gasteiger partial charge on any atom is 0.423 e. The number of hydrogen-bond donors (Lipinski definition) is 2. The number of rotatable bonds is 4. The number of anilines is 1. The van der Waals surface area contributed by atoms with E-state index in [9.17, 15) is 17.6 Å². The molecule has 2 aromatic rings. The average molecular weight is 341 g/mol. The lowest BCUT2D eigenvalue weighted by Gasteiger charge is -2.36. The van der Waals surface area contributed by atoms with E-state index >= 15 is 0 Å². The van der Waals surface area contributed by atoms with Crippen LogP contribution in [0.15, 0.2) is 36.5 Å². The molecule has 1 saturated carbocycles. The number of benzene rings is 1. The van der Waals surface area contributed by atoms with Gasteiger partial charge in [0.1, 0.15) is 17.1 Å². The van der Waals surface area contributed by atoms with Gasteiger partial charge >= 0.3 is 6.18 Å². The molecule has 0 amide bonds. The van der Waals surface area contributed by atoms with Crippen LogP contribution in [0.4, 0.5) is 23.4 Å². The Labute approximate surface area is 135 Å². The lowest BCUT2D eigenvalue weighted by molar-refractivity contribution is -0.139. The van der Waals surface area contributed by atoms with Crippen LogP contribution < -0.4 is 16.0 Å². The van der Waals surface area contributed by atoms with Crippen molar-refractivity contribution in [2.45, 2.75) is 31.0 Å². The van der Waals surface area contributed by atoms with Crippen LogP contribution in [0.5, 0.6) is 5.75 Å². The van der Waals surface area contributed by atoms with Gasteiger partial charge in [-0.05, 0) is 42.5 Å². The van der Waals surface area contributed by atoms with Gasteiger partial charge in [-0.1, -0.05) is 12.1 Å². The summed E-state index contributed by atoms with van der Waals surface area (Å²) in [5.41, 5.74) is 1.88. The molecule has 24 heavy (non-hydrogen) atoms. The molecular weight excluding hydrogens is 326 g/mol. The predicted molar refractivity (Wildman–Crippen MR) is 79.8 cm³/mol. The second-order valence-electron chi connectivity index (χ2n) is 5.63. The van der Waals surface area contributed by atoms with Gasteiger partial charge < -0.3 is 10.2 Å². The molecule has 3 rings (SSSR count). The highest BCUT2D eigenvalue weighted by molar-refractivity contribution is 5.53. The summed E-state index contributed by atoms with van der Waals surface area (Å²) >= 11 is 0. The molecule has 0 atom stereocenters. The minimum Gasteiger partial charge on any atom is -0.490 e. The zero-order chi connectivity index (χ0) is 17.3. The third-order valence-corrected chi connectivity index (χ3v) is 4.06. The van der Waals surface area contributed by atoms with Crippen molar-refractivity contribution in [3.63, 3.8) is 0 Å². The lowest BCUT2D eigenvalue weighted by atomic mass is 9.77. The van der Waals surface area contributed by atoms with Gasteiger partial charge in [0.25, 0.3) is 0 Å². The minimum atomic E-state index is -4.63. The van der Waals surface area contributed by atoms with Crippen LogP contribution in [0.1, 0.15) is 29.9 Å². The van der Waals surface area contributed by atoms with Crippen molar-refractivity contribution < 1.29 is 22.3 Å². The first-order chi connectivity index (χ1) is 11.4. The van der Waals surface area contributed by atoms with E-state index < -0.39 is 17.6 Å². The number of nitrogens with zero attached hydrogens (tertiary/aromatic N) is 1. The number of hydrogen-bond acceptors (Lipinski definition) is 4. The summed E-state index contributed by atoms with van der Waals surface area (Å²) in [7, 11) is 0. The molecule has 0 bridgehead atoms. The lowest BCUT2D eigenvalue weighted by Crippen LogP contribution is -2.33. The maximum atomic E-state index is 13.2. The number of nitrogen functional groups attached to an aromatic ring is 1. The molecule has 4 nitrogen and oxygen atoms in total. The molecule has 8 heteroatoms. The number of alkyl halides is 3. The van der Waals surface area contributed by atoms with E-state index in [4.69, 9.17) is 10.6 Å². The second kappa shape index (κ2) is 6.27. The number of hydrazine groups is 1. The Bertz CT molecular complexity index is 712. The fourth-order valence-electron chi connectivity index (χ4n) is 2.77. The first-order valence-electron chi connectivity index (χ1n) is 7.33. The van der Waals surface area contributed by atoms with E-state index in [1.54, 1.807) is 12.1 Å². The molecular formula is C16H15F4N3O. The molecule has 3 N–H and O–H groups in total. The van der Waals surface area contributed by atoms with Crippen molar-refractivity contribution in [2.24, 2.45) is 5.84 Å². The number of aromatic nitrogens is 1. The van der Waals surface area contributed by atoms with E-state index in [0.29, 0.717) is 12.8 Å². The SMILES string of the molecule is NNc1nccc(OC2CC(c3ccc(F)cc3)C2)c1C(F)(F)F. The monoisotopic (exact) mass is 341 g/mol. The molecule has 0 spiro atoms. The van der Waals surface area contributed by atoms with Gasteiger partial charge in [0, 0.05) is 6.20 Å². The molecule has 0 unspecified atom stereocenters. The summed E-state index contributed by atoms with van der Waals surface area (Å²) in [5, 5.41) is 0. The zero-order valence-electron chi connectivity index (χ0n) is 12.5. The number of nitrogens with two attached hydrogens (primary N) is 1. The highest BCUT2D eigenvalue weighted by atomic mass is 19.4. The van der Waals surface area contributed by atoms with Crippen LogP contribution >= 0.6 is 0 Å². The number of ether oxygens (including phenoxy) is 1. The van der Waals surface area contributed by atoms with E-state index in [-0.39, 0.29) is 23.6 Å². The van der Waals surface area contributed by atoms with E-state index in [0.717, 1.165) is 5.56 Å². The number of pyridine rings is 1. The van der Waals surface area contributed by atoms with Crippen LogP contribution in [-0.2, 0) is 6.18 Å². The molecule has 1 heterocycles. The first kappa shape index (κ1) is 16.5. The Hall–Kier alpha value is -2.35. The van der Waals surface area contributed by atoms with Gasteiger partial charge in [-0.25, -0.2) is 15.2 Å². The minimum absolute atomic E-state index is 0.152. The van der Waals surface area contributed by atoms with Crippen molar-refractivity contribution in [3.05, 3.63) is 53.5 Å². The molecule has 1 aromatic heterocycles. The zero-order valence-corrected chi connectivity index (χ0v) is 12.5. The van der Waals surface area contributed by atoms with Crippen LogP contribution in [0.3, 0.4) is 0 Å². The standard InChI is InChI=1S/C16H15F4N3O/c17-11-3-1-9(2-4-11)10-7-12(8-10)24-13-5-6-22-15(23-21)14(13)16(18,19)20/h1-6,10,12H,7-8,21H2,(H,22,23). The molecule has 0 aliphatic heterocycles. The summed E-state index contributed by atoms with van der Waals surface area (Å²) in [6.07, 6.45) is -2.64. The van der Waals surface area contributed by atoms with Crippen molar-refractivity contribution in [2.75, 3.05) is 5.43 Å². The topological polar surface area (TPSA) is 60.2 Å². The average Bonchev–Trinajstić information content (AvgIpc) is 2.50. The Balaban J connectivity index is 1.71. The smallest absolute Gasteiger partial charge is 0.423 e. The fourth-order valence-corrected chi connectivity index (χ4v) is 2.77. The van der Waals surface area contributed by atoms with Gasteiger partial charge in [-0.2, -0.15) is 13.2 Å². The van der Waals surface area contributed by atoms with Gasteiger partial charge in [0.2, 0.25) is 0 Å². The van der Waals surface area contributed by atoms with Crippen molar-refractivity contribution in [1.29, 1.82) is 0 Å². The summed E-state index contributed by atoms with van der Waals surface area (Å²) in [5.74, 6) is 4.16. The van der Waals surface area contributed by atoms with Gasteiger partial charge in [0.15, 0.2) is 5.82 Å². The third kappa shape index (κ3) is 3.28. The second-order valence-corrected chi connectivity index (χ2v) is 5.63. The molecule has 1 fully saturated rings. The molecule has 1 aliphatic rings. The van der Waals surface area contributed by atoms with Crippen molar-refractivity contribution in [3.8, 4) is 5.75 Å². The van der Waals surface area contributed by atoms with Crippen LogP contribution in [0.2, 0.25) is 0 Å². The summed E-state index contributed by atoms with van der Waals surface area (Å²) in [6, 6.07) is 7.27. The largest absolute Gasteiger partial charge is 0.490 e.